The van der Waals surface area contributed by atoms with Crippen LogP contribution in [0.15, 0.2) is 0 Å². The fourth-order valence-electron chi connectivity index (χ4n) is 1.72. The van der Waals surface area contributed by atoms with E-state index in [4.69, 9.17) is 5.11 Å². The summed E-state index contributed by atoms with van der Waals surface area (Å²) in [5.41, 5.74) is 0. The molecule has 0 fully saturated rings. The average molecular weight is 257 g/mol. The molecule has 4 heteroatoms. The van der Waals surface area contributed by atoms with Crippen LogP contribution in [0.5, 0.6) is 0 Å². The second-order valence-electron chi connectivity index (χ2n) is 5.11. The van der Waals surface area contributed by atoms with E-state index in [1.807, 2.05) is 0 Å². The summed E-state index contributed by atoms with van der Waals surface area (Å²) in [6.45, 7) is 5.69. The van der Waals surface area contributed by atoms with Gasteiger partial charge < -0.3 is 10.4 Å². The molecule has 0 aliphatic rings. The molecule has 1 amide bonds. The molecule has 0 saturated carbocycles. The minimum Gasteiger partial charge on any atom is -0.480 e. The zero-order valence-electron chi connectivity index (χ0n) is 11.9. The second-order valence-corrected chi connectivity index (χ2v) is 5.11. The predicted octanol–water partition coefficient (Wildman–Crippen LogP) is 2.96. The van der Waals surface area contributed by atoms with Gasteiger partial charge in [-0.05, 0) is 6.42 Å². The van der Waals surface area contributed by atoms with Crippen molar-refractivity contribution < 1.29 is 14.7 Å². The van der Waals surface area contributed by atoms with Gasteiger partial charge in [0.05, 0.1) is 0 Å². The van der Waals surface area contributed by atoms with Crippen molar-refractivity contribution in [1.29, 1.82) is 0 Å². The number of carbonyl (C=O) groups excluding carboxylic acids is 1. The van der Waals surface area contributed by atoms with Gasteiger partial charge in [0.2, 0.25) is 5.91 Å². The monoisotopic (exact) mass is 257 g/mol. The molecular weight excluding hydrogens is 230 g/mol. The maximum absolute atomic E-state index is 11.5. The first-order valence-corrected chi connectivity index (χ1v) is 7.02. The highest BCUT2D eigenvalue weighted by molar-refractivity contribution is 5.84. The van der Waals surface area contributed by atoms with Crippen molar-refractivity contribution in [2.45, 2.75) is 71.8 Å². The van der Waals surface area contributed by atoms with E-state index in [1.165, 1.54) is 19.3 Å². The molecule has 18 heavy (non-hydrogen) atoms. The van der Waals surface area contributed by atoms with E-state index in [-0.39, 0.29) is 11.8 Å². The minimum absolute atomic E-state index is 0.170. The molecule has 0 unspecified atom stereocenters. The normalized spacial score (nSPS) is 12.4. The second kappa shape index (κ2) is 9.92. The summed E-state index contributed by atoms with van der Waals surface area (Å²) in [5, 5.41) is 11.6. The summed E-state index contributed by atoms with van der Waals surface area (Å²) in [7, 11) is 0. The van der Waals surface area contributed by atoms with Crippen LogP contribution in [0.1, 0.15) is 65.7 Å². The Labute approximate surface area is 110 Å². The van der Waals surface area contributed by atoms with Crippen LogP contribution in [-0.4, -0.2) is 23.0 Å². The lowest BCUT2D eigenvalue weighted by molar-refractivity contribution is -0.142. The molecule has 2 N–H and O–H groups in total. The number of nitrogens with one attached hydrogen (secondary N) is 1. The summed E-state index contributed by atoms with van der Waals surface area (Å²) in [6.07, 6.45) is 7.25. The van der Waals surface area contributed by atoms with Crippen LogP contribution < -0.4 is 5.32 Å². The Morgan fingerprint density at radius 3 is 2.11 bits per heavy atom. The first-order chi connectivity index (χ1) is 8.49. The number of aliphatic carboxylic acids is 1. The molecule has 0 radical (unpaired) electrons. The van der Waals surface area contributed by atoms with Crippen molar-refractivity contribution in [1.82, 2.24) is 5.32 Å². The molecule has 0 aliphatic heterocycles. The van der Waals surface area contributed by atoms with Crippen molar-refractivity contribution in [2.75, 3.05) is 0 Å². The summed E-state index contributed by atoms with van der Waals surface area (Å²) >= 11 is 0. The molecule has 4 nitrogen and oxygen atoms in total. The van der Waals surface area contributed by atoms with E-state index in [9.17, 15) is 9.59 Å². The number of carboxylic acid groups (broad SMARTS) is 1. The highest BCUT2D eigenvalue weighted by atomic mass is 16.4. The van der Waals surface area contributed by atoms with Crippen LogP contribution in [0.3, 0.4) is 0 Å². The molecule has 0 aromatic heterocycles. The number of unbranched alkanes of at least 4 members (excludes halogenated alkanes) is 5. The van der Waals surface area contributed by atoms with E-state index in [0.717, 1.165) is 19.3 Å². The highest BCUT2D eigenvalue weighted by Gasteiger charge is 2.20. The lowest BCUT2D eigenvalue weighted by Crippen LogP contribution is -2.42. The molecule has 0 rings (SSSR count). The molecule has 0 aliphatic carbocycles. The lowest BCUT2D eigenvalue weighted by Gasteiger charge is -2.15. The standard InChI is InChI=1S/C14H27NO3/c1-4-5-6-7-8-9-10-12(14(17)18)15-13(16)11(2)3/h11-12H,4-10H2,1-3H3,(H,15,16)(H,17,18)/t12-/m1/s1. The summed E-state index contributed by atoms with van der Waals surface area (Å²) < 4.78 is 0. The summed E-state index contributed by atoms with van der Waals surface area (Å²) in [6, 6.07) is -0.730. The summed E-state index contributed by atoms with van der Waals surface area (Å²) in [4.78, 5) is 22.5. The van der Waals surface area contributed by atoms with Gasteiger partial charge in [0.25, 0.3) is 0 Å². The summed E-state index contributed by atoms with van der Waals surface area (Å²) in [5.74, 6) is -1.29. The van der Waals surface area contributed by atoms with Crippen LogP contribution >= 0.6 is 0 Å². The molecular formula is C14H27NO3. The van der Waals surface area contributed by atoms with Crippen LogP contribution in [0, 0.1) is 5.92 Å². The van der Waals surface area contributed by atoms with Crippen molar-refractivity contribution in [3.8, 4) is 0 Å². The topological polar surface area (TPSA) is 66.4 Å². The van der Waals surface area contributed by atoms with Crippen molar-refractivity contribution in [3.63, 3.8) is 0 Å². The van der Waals surface area contributed by atoms with E-state index >= 15 is 0 Å². The van der Waals surface area contributed by atoms with E-state index in [0.29, 0.717) is 6.42 Å². The van der Waals surface area contributed by atoms with Crippen LogP contribution in [0.25, 0.3) is 0 Å². The van der Waals surface area contributed by atoms with Crippen LogP contribution in [-0.2, 0) is 9.59 Å². The van der Waals surface area contributed by atoms with Crippen LogP contribution in [0.4, 0.5) is 0 Å². The number of hydrogen-bond acceptors (Lipinski definition) is 2. The minimum atomic E-state index is -0.933. The maximum Gasteiger partial charge on any atom is 0.326 e. The molecule has 0 heterocycles. The molecule has 0 aromatic carbocycles. The van der Waals surface area contributed by atoms with Gasteiger partial charge in [-0.1, -0.05) is 59.3 Å². The van der Waals surface area contributed by atoms with E-state index in [1.54, 1.807) is 13.8 Å². The molecule has 0 bridgehead atoms. The average Bonchev–Trinajstić information content (AvgIpc) is 2.31. The predicted molar refractivity (Wildman–Crippen MR) is 72.4 cm³/mol. The maximum atomic E-state index is 11.5. The Balaban J connectivity index is 3.84. The fraction of sp³-hybridized carbons (Fsp3) is 0.857. The molecule has 1 atom stereocenters. The van der Waals surface area contributed by atoms with Gasteiger partial charge in [0.15, 0.2) is 0 Å². The third-order valence-corrected chi connectivity index (χ3v) is 2.99. The number of amides is 1. The van der Waals surface area contributed by atoms with Gasteiger partial charge in [-0.2, -0.15) is 0 Å². The smallest absolute Gasteiger partial charge is 0.326 e. The Morgan fingerprint density at radius 1 is 1.06 bits per heavy atom. The van der Waals surface area contributed by atoms with Gasteiger partial charge in [-0.3, -0.25) is 4.79 Å². The molecule has 0 aromatic rings. The Bertz CT molecular complexity index is 251. The number of hydrogen-bond donors (Lipinski definition) is 2. The first kappa shape index (κ1) is 16.9. The SMILES string of the molecule is CCCCCCCC[C@@H](NC(=O)C(C)C)C(=O)O. The third-order valence-electron chi connectivity index (χ3n) is 2.99. The van der Waals surface area contributed by atoms with Gasteiger partial charge in [0.1, 0.15) is 6.04 Å². The number of rotatable bonds is 10. The zero-order chi connectivity index (χ0) is 14.0. The van der Waals surface area contributed by atoms with Gasteiger partial charge in [-0.25, -0.2) is 4.79 Å². The first-order valence-electron chi connectivity index (χ1n) is 7.02. The quantitative estimate of drug-likeness (QED) is 0.591. The van der Waals surface area contributed by atoms with Crippen molar-refractivity contribution >= 4 is 11.9 Å². The van der Waals surface area contributed by atoms with Crippen LogP contribution in [0.2, 0.25) is 0 Å². The lowest BCUT2D eigenvalue weighted by atomic mass is 10.0. The molecule has 106 valence electrons. The van der Waals surface area contributed by atoms with Gasteiger partial charge >= 0.3 is 5.97 Å². The fourth-order valence-corrected chi connectivity index (χ4v) is 1.72. The largest absolute Gasteiger partial charge is 0.480 e. The molecule has 0 saturated heterocycles. The molecule has 0 spiro atoms. The Kier molecular flexibility index (Phi) is 9.33. The zero-order valence-corrected chi connectivity index (χ0v) is 11.9. The third kappa shape index (κ3) is 8.09. The van der Waals surface area contributed by atoms with E-state index in [2.05, 4.69) is 12.2 Å². The van der Waals surface area contributed by atoms with Gasteiger partial charge in [-0.15, -0.1) is 0 Å². The van der Waals surface area contributed by atoms with Gasteiger partial charge in [0, 0.05) is 5.92 Å². The van der Waals surface area contributed by atoms with Crippen molar-refractivity contribution in [2.24, 2.45) is 5.92 Å². The van der Waals surface area contributed by atoms with E-state index < -0.39 is 12.0 Å². The number of carbonyl (C=O) groups is 2. The number of carboxylic acids is 1. The highest BCUT2D eigenvalue weighted by Crippen LogP contribution is 2.09. The van der Waals surface area contributed by atoms with Crippen molar-refractivity contribution in [3.05, 3.63) is 0 Å². The Morgan fingerprint density at radius 2 is 1.61 bits per heavy atom. The Hall–Kier alpha value is -1.06.